The molecule has 0 bridgehead atoms. The maximum Gasteiger partial charge on any atom is 0.317 e. The van der Waals surface area contributed by atoms with Gasteiger partial charge in [-0.2, -0.15) is 0 Å². The fraction of sp³-hybridized carbons (Fsp3) is 0.583. The van der Waals surface area contributed by atoms with Gasteiger partial charge in [0.05, 0.1) is 6.42 Å². The van der Waals surface area contributed by atoms with Crippen molar-refractivity contribution >= 4 is 12.0 Å². The van der Waals surface area contributed by atoms with Gasteiger partial charge in [0.1, 0.15) is 5.82 Å². The number of imidazole rings is 1. The van der Waals surface area contributed by atoms with Crippen LogP contribution < -0.4 is 5.32 Å². The first-order chi connectivity index (χ1) is 9.16. The quantitative estimate of drug-likeness (QED) is 0.726. The lowest BCUT2D eigenvalue weighted by atomic mass is 10.1. The highest BCUT2D eigenvalue weighted by Gasteiger charge is 2.30. The molecule has 7 nitrogen and oxygen atoms in total. The second-order valence-electron chi connectivity index (χ2n) is 4.61. The minimum Gasteiger partial charge on any atom is -0.481 e. The third-order valence-corrected chi connectivity index (χ3v) is 3.24. The number of hydrogen-bond acceptors (Lipinski definition) is 3. The third-order valence-electron chi connectivity index (χ3n) is 3.24. The van der Waals surface area contributed by atoms with E-state index in [1.807, 2.05) is 0 Å². The minimum atomic E-state index is -0.861. The van der Waals surface area contributed by atoms with Crippen molar-refractivity contribution in [1.82, 2.24) is 20.2 Å². The molecule has 1 aliphatic rings. The molecule has 1 atom stereocenters. The van der Waals surface area contributed by atoms with Crippen LogP contribution in [0.1, 0.15) is 25.1 Å². The first-order valence-electron chi connectivity index (χ1n) is 6.41. The summed E-state index contributed by atoms with van der Waals surface area (Å²) in [5.74, 6) is -0.0379. The molecule has 0 spiro atoms. The van der Waals surface area contributed by atoms with Crippen molar-refractivity contribution in [3.63, 3.8) is 0 Å². The third kappa shape index (κ3) is 3.70. The predicted molar refractivity (Wildman–Crippen MR) is 67.7 cm³/mol. The standard InChI is InChI=1S/C12H18N4O3/c17-11(18)8-9-2-1-7-16(9)12(19)15-4-3-10-13-5-6-14-10/h5-6,9H,1-4,7-8H2,(H,13,14)(H,15,19)(H,17,18). The summed E-state index contributed by atoms with van der Waals surface area (Å²) in [5.41, 5.74) is 0. The van der Waals surface area contributed by atoms with Crippen LogP contribution in [0.3, 0.4) is 0 Å². The molecular weight excluding hydrogens is 248 g/mol. The predicted octanol–water partition coefficient (Wildman–Crippen LogP) is 0.601. The Morgan fingerprint density at radius 3 is 3.11 bits per heavy atom. The zero-order valence-electron chi connectivity index (χ0n) is 10.6. The van der Waals surface area contributed by atoms with Crippen molar-refractivity contribution in [3.8, 4) is 0 Å². The van der Waals surface area contributed by atoms with E-state index in [-0.39, 0.29) is 18.5 Å². The Labute approximate surface area is 111 Å². The summed E-state index contributed by atoms with van der Waals surface area (Å²) in [6.45, 7) is 1.12. The summed E-state index contributed by atoms with van der Waals surface area (Å²) < 4.78 is 0. The summed E-state index contributed by atoms with van der Waals surface area (Å²) >= 11 is 0. The van der Waals surface area contributed by atoms with Crippen LogP contribution in [0.4, 0.5) is 4.79 Å². The number of H-pyrrole nitrogens is 1. The minimum absolute atomic E-state index is 0.0194. The van der Waals surface area contributed by atoms with Crippen LogP contribution >= 0.6 is 0 Å². The van der Waals surface area contributed by atoms with Crippen molar-refractivity contribution in [1.29, 1.82) is 0 Å². The van der Waals surface area contributed by atoms with Gasteiger partial charge in [0, 0.05) is 37.9 Å². The summed E-state index contributed by atoms with van der Waals surface area (Å²) in [4.78, 5) is 31.3. The Bertz CT molecular complexity index is 432. The van der Waals surface area contributed by atoms with Crippen LogP contribution in [0.25, 0.3) is 0 Å². The van der Waals surface area contributed by atoms with Gasteiger partial charge in [0.2, 0.25) is 0 Å². The molecule has 0 aliphatic carbocycles. The van der Waals surface area contributed by atoms with E-state index in [9.17, 15) is 9.59 Å². The highest BCUT2D eigenvalue weighted by Crippen LogP contribution is 2.19. The van der Waals surface area contributed by atoms with Gasteiger partial charge in [-0.3, -0.25) is 4.79 Å². The monoisotopic (exact) mass is 266 g/mol. The molecule has 1 aliphatic heterocycles. The van der Waals surface area contributed by atoms with Gasteiger partial charge in [-0.1, -0.05) is 0 Å². The fourth-order valence-corrected chi connectivity index (χ4v) is 2.34. The zero-order chi connectivity index (χ0) is 13.7. The number of nitrogens with one attached hydrogen (secondary N) is 2. The molecule has 1 fully saturated rings. The molecule has 2 rings (SSSR count). The summed E-state index contributed by atoms with van der Waals surface area (Å²) in [5, 5.41) is 11.6. The van der Waals surface area contributed by atoms with Crippen LogP contribution in [0.2, 0.25) is 0 Å². The van der Waals surface area contributed by atoms with Gasteiger partial charge in [0.15, 0.2) is 0 Å². The second-order valence-corrected chi connectivity index (χ2v) is 4.61. The maximum absolute atomic E-state index is 12.0. The van der Waals surface area contributed by atoms with Gasteiger partial charge < -0.3 is 20.3 Å². The van der Waals surface area contributed by atoms with E-state index in [2.05, 4.69) is 15.3 Å². The van der Waals surface area contributed by atoms with Crippen LogP contribution in [0.15, 0.2) is 12.4 Å². The van der Waals surface area contributed by atoms with Gasteiger partial charge in [-0.15, -0.1) is 0 Å². The normalized spacial score (nSPS) is 18.5. The molecule has 1 aromatic heterocycles. The van der Waals surface area contributed by atoms with Crippen molar-refractivity contribution in [2.75, 3.05) is 13.1 Å². The van der Waals surface area contributed by atoms with Crippen molar-refractivity contribution in [3.05, 3.63) is 18.2 Å². The molecule has 3 N–H and O–H groups in total. The number of aliphatic carboxylic acids is 1. The average molecular weight is 266 g/mol. The average Bonchev–Trinajstić information content (AvgIpc) is 2.99. The number of amides is 2. The van der Waals surface area contributed by atoms with Gasteiger partial charge in [-0.25, -0.2) is 9.78 Å². The number of nitrogens with zero attached hydrogens (tertiary/aromatic N) is 2. The van der Waals surface area contributed by atoms with Crippen LogP contribution in [-0.2, 0) is 11.2 Å². The highest BCUT2D eigenvalue weighted by atomic mass is 16.4. The summed E-state index contributed by atoms with van der Waals surface area (Å²) in [6, 6.07) is -0.364. The zero-order valence-corrected chi connectivity index (χ0v) is 10.6. The van der Waals surface area contributed by atoms with Crippen molar-refractivity contribution in [2.24, 2.45) is 0 Å². The number of hydrogen-bond donors (Lipinski definition) is 3. The molecule has 0 saturated carbocycles. The number of urea groups is 1. The van der Waals surface area contributed by atoms with Gasteiger partial charge in [-0.05, 0) is 12.8 Å². The molecule has 0 radical (unpaired) electrons. The van der Waals surface area contributed by atoms with E-state index in [1.54, 1.807) is 17.3 Å². The Balaban J connectivity index is 1.77. The highest BCUT2D eigenvalue weighted by molar-refractivity contribution is 5.76. The lowest BCUT2D eigenvalue weighted by Crippen LogP contribution is -2.44. The summed E-state index contributed by atoms with van der Waals surface area (Å²) in [6.07, 6.45) is 5.68. The number of carboxylic acids is 1. The number of carbonyl (C=O) groups excluding carboxylic acids is 1. The Morgan fingerprint density at radius 1 is 1.58 bits per heavy atom. The fourth-order valence-electron chi connectivity index (χ4n) is 2.34. The molecule has 1 unspecified atom stereocenters. The number of aromatic amines is 1. The van der Waals surface area contributed by atoms with Crippen LogP contribution in [-0.4, -0.2) is 51.1 Å². The van der Waals surface area contributed by atoms with Crippen molar-refractivity contribution < 1.29 is 14.7 Å². The number of carbonyl (C=O) groups is 2. The molecule has 2 amide bonds. The van der Waals surface area contributed by atoms with E-state index in [4.69, 9.17) is 5.11 Å². The van der Waals surface area contributed by atoms with Gasteiger partial charge in [0.25, 0.3) is 0 Å². The first-order valence-corrected chi connectivity index (χ1v) is 6.41. The second kappa shape index (κ2) is 6.21. The number of rotatable bonds is 5. The van der Waals surface area contributed by atoms with E-state index >= 15 is 0 Å². The largest absolute Gasteiger partial charge is 0.481 e. The Hall–Kier alpha value is -2.05. The molecule has 104 valence electrons. The molecule has 1 saturated heterocycles. The van der Waals surface area contributed by atoms with Crippen molar-refractivity contribution in [2.45, 2.75) is 31.7 Å². The Kier molecular flexibility index (Phi) is 4.38. The topological polar surface area (TPSA) is 98.3 Å². The number of aromatic nitrogens is 2. The molecule has 7 heteroatoms. The molecular formula is C12H18N4O3. The molecule has 19 heavy (non-hydrogen) atoms. The Morgan fingerprint density at radius 2 is 2.42 bits per heavy atom. The smallest absolute Gasteiger partial charge is 0.317 e. The number of carboxylic acid groups (broad SMARTS) is 1. The molecule has 2 heterocycles. The van der Waals surface area contributed by atoms with E-state index in [1.165, 1.54) is 0 Å². The first kappa shape index (κ1) is 13.4. The molecule has 0 aromatic carbocycles. The lowest BCUT2D eigenvalue weighted by Gasteiger charge is -2.23. The summed E-state index contributed by atoms with van der Waals surface area (Å²) in [7, 11) is 0. The maximum atomic E-state index is 12.0. The molecule has 1 aromatic rings. The van der Waals surface area contributed by atoms with Crippen LogP contribution in [0, 0.1) is 0 Å². The van der Waals surface area contributed by atoms with E-state index in [0.29, 0.717) is 19.5 Å². The van der Waals surface area contributed by atoms with E-state index < -0.39 is 5.97 Å². The van der Waals surface area contributed by atoms with E-state index in [0.717, 1.165) is 18.7 Å². The lowest BCUT2D eigenvalue weighted by molar-refractivity contribution is -0.137. The SMILES string of the molecule is O=C(O)CC1CCCN1C(=O)NCCc1ncc[nH]1. The van der Waals surface area contributed by atoms with Crippen LogP contribution in [0.5, 0.6) is 0 Å². The van der Waals surface area contributed by atoms with Gasteiger partial charge >= 0.3 is 12.0 Å². The number of likely N-dealkylation sites (tertiary alicyclic amines) is 1.